The number of carboxylic acid groups (broad SMARTS) is 1. The second-order valence-electron chi connectivity index (χ2n) is 3.63. The number of nitrogens with zero attached hydrogens (tertiary/aromatic N) is 1. The largest absolute Gasteiger partial charge is 0.477 e. The summed E-state index contributed by atoms with van der Waals surface area (Å²) in [6.07, 6.45) is 3.42. The van der Waals surface area contributed by atoms with Gasteiger partial charge in [0, 0.05) is 11.3 Å². The van der Waals surface area contributed by atoms with Gasteiger partial charge in [-0.1, -0.05) is 0 Å². The minimum Gasteiger partial charge on any atom is -0.477 e. The molecule has 17 heavy (non-hydrogen) atoms. The first-order valence-corrected chi connectivity index (χ1v) is 6.46. The van der Waals surface area contributed by atoms with Gasteiger partial charge in [0.1, 0.15) is 5.69 Å². The van der Waals surface area contributed by atoms with Crippen molar-refractivity contribution in [3.63, 3.8) is 0 Å². The van der Waals surface area contributed by atoms with Crippen LogP contribution in [-0.2, 0) is 0 Å². The number of aromatic nitrogens is 1. The zero-order chi connectivity index (χ0) is 12.8. The molecule has 94 valence electrons. The molecule has 0 aliphatic heterocycles. The molecule has 0 saturated heterocycles. The lowest BCUT2D eigenvalue weighted by Gasteiger charge is -2.22. The Kier molecular flexibility index (Phi) is 5.24. The van der Waals surface area contributed by atoms with E-state index >= 15 is 0 Å². The standard InChI is InChI=1S/C11H16N2O3S/c1-7(10(6-14)17-2)13-8-3-4-9(11(15)16)12-5-8/h3-5,7,10,13-14H,6H2,1-2H3,(H,15,16). The maximum atomic E-state index is 10.6. The molecule has 1 aromatic rings. The van der Waals surface area contributed by atoms with Gasteiger partial charge < -0.3 is 15.5 Å². The van der Waals surface area contributed by atoms with E-state index in [1.165, 1.54) is 12.3 Å². The van der Waals surface area contributed by atoms with E-state index in [0.717, 1.165) is 5.69 Å². The third-order valence-corrected chi connectivity index (χ3v) is 3.58. The van der Waals surface area contributed by atoms with Crippen LogP contribution in [0.4, 0.5) is 5.69 Å². The Balaban J connectivity index is 2.65. The lowest BCUT2D eigenvalue weighted by molar-refractivity contribution is 0.0690. The molecule has 0 aliphatic rings. The van der Waals surface area contributed by atoms with Crippen molar-refractivity contribution in [1.29, 1.82) is 0 Å². The second-order valence-corrected chi connectivity index (χ2v) is 4.70. The van der Waals surface area contributed by atoms with Crippen LogP contribution in [0.15, 0.2) is 18.3 Å². The van der Waals surface area contributed by atoms with Crippen LogP contribution in [0, 0.1) is 0 Å². The zero-order valence-corrected chi connectivity index (χ0v) is 10.6. The number of thioether (sulfide) groups is 1. The van der Waals surface area contributed by atoms with Crippen LogP contribution in [0.3, 0.4) is 0 Å². The highest BCUT2D eigenvalue weighted by Gasteiger charge is 2.15. The summed E-state index contributed by atoms with van der Waals surface area (Å²) in [4.78, 5) is 14.4. The first kappa shape index (κ1) is 13.8. The quantitative estimate of drug-likeness (QED) is 0.711. The Morgan fingerprint density at radius 2 is 2.29 bits per heavy atom. The molecule has 6 heteroatoms. The van der Waals surface area contributed by atoms with Gasteiger partial charge in [0.15, 0.2) is 0 Å². The van der Waals surface area contributed by atoms with Gasteiger partial charge in [-0.05, 0) is 25.3 Å². The Morgan fingerprint density at radius 1 is 1.59 bits per heavy atom. The number of hydrogen-bond donors (Lipinski definition) is 3. The number of hydrogen-bond acceptors (Lipinski definition) is 5. The fourth-order valence-electron chi connectivity index (χ4n) is 1.40. The van der Waals surface area contributed by atoms with Gasteiger partial charge in [0.2, 0.25) is 0 Å². The van der Waals surface area contributed by atoms with Crippen molar-refractivity contribution in [2.24, 2.45) is 0 Å². The number of nitrogens with one attached hydrogen (secondary N) is 1. The summed E-state index contributed by atoms with van der Waals surface area (Å²) in [7, 11) is 0. The molecule has 0 amide bonds. The molecule has 1 rings (SSSR count). The fraction of sp³-hybridized carbons (Fsp3) is 0.455. The minimum atomic E-state index is -1.04. The van der Waals surface area contributed by atoms with Crippen molar-refractivity contribution in [2.45, 2.75) is 18.2 Å². The summed E-state index contributed by atoms with van der Waals surface area (Å²) in [5, 5.41) is 21.1. The lowest BCUT2D eigenvalue weighted by Crippen LogP contribution is -2.30. The van der Waals surface area contributed by atoms with Crippen LogP contribution in [0.1, 0.15) is 17.4 Å². The maximum Gasteiger partial charge on any atom is 0.354 e. The van der Waals surface area contributed by atoms with Crippen LogP contribution >= 0.6 is 11.8 Å². The molecule has 0 radical (unpaired) electrons. The van der Waals surface area contributed by atoms with Crippen molar-refractivity contribution in [1.82, 2.24) is 4.98 Å². The highest BCUT2D eigenvalue weighted by Crippen LogP contribution is 2.15. The highest BCUT2D eigenvalue weighted by atomic mass is 32.2. The van der Waals surface area contributed by atoms with Crippen molar-refractivity contribution in [2.75, 3.05) is 18.2 Å². The topological polar surface area (TPSA) is 82.5 Å². The van der Waals surface area contributed by atoms with Crippen LogP contribution < -0.4 is 5.32 Å². The predicted octanol–water partition coefficient (Wildman–Crippen LogP) is 1.30. The van der Waals surface area contributed by atoms with Gasteiger partial charge >= 0.3 is 5.97 Å². The maximum absolute atomic E-state index is 10.6. The molecule has 0 saturated carbocycles. The van der Waals surface area contributed by atoms with E-state index < -0.39 is 5.97 Å². The lowest BCUT2D eigenvalue weighted by atomic mass is 10.2. The van der Waals surface area contributed by atoms with Gasteiger partial charge in [0.25, 0.3) is 0 Å². The molecule has 5 nitrogen and oxygen atoms in total. The summed E-state index contributed by atoms with van der Waals surface area (Å²) < 4.78 is 0. The van der Waals surface area contributed by atoms with E-state index in [9.17, 15) is 4.79 Å². The monoisotopic (exact) mass is 256 g/mol. The predicted molar refractivity (Wildman–Crippen MR) is 68.7 cm³/mol. The smallest absolute Gasteiger partial charge is 0.354 e. The van der Waals surface area contributed by atoms with E-state index in [4.69, 9.17) is 10.2 Å². The van der Waals surface area contributed by atoms with Gasteiger partial charge in [-0.3, -0.25) is 0 Å². The number of carboxylic acids is 1. The average Bonchev–Trinajstić information content (AvgIpc) is 2.31. The molecule has 0 bridgehead atoms. The number of carbonyl (C=O) groups is 1. The molecule has 0 aromatic carbocycles. The fourth-order valence-corrected chi connectivity index (χ4v) is 2.02. The van der Waals surface area contributed by atoms with Gasteiger partial charge in [-0.2, -0.15) is 11.8 Å². The first-order valence-electron chi connectivity index (χ1n) is 5.18. The minimum absolute atomic E-state index is 0.0202. The SMILES string of the molecule is CSC(CO)C(C)Nc1ccc(C(=O)O)nc1. The second kappa shape index (κ2) is 6.46. The molecule has 0 fully saturated rings. The Bertz CT molecular complexity index is 365. The van der Waals surface area contributed by atoms with Crippen LogP contribution in [0.5, 0.6) is 0 Å². The molecular weight excluding hydrogens is 240 g/mol. The Labute approximate surface area is 104 Å². The number of aromatic carboxylic acids is 1. The van der Waals surface area contributed by atoms with Crippen molar-refractivity contribution in [3.05, 3.63) is 24.0 Å². The van der Waals surface area contributed by atoms with Crippen molar-refractivity contribution >= 4 is 23.4 Å². The molecular formula is C11H16N2O3S. The summed E-state index contributed by atoms with van der Waals surface area (Å²) in [6.45, 7) is 2.05. The highest BCUT2D eigenvalue weighted by molar-refractivity contribution is 7.99. The van der Waals surface area contributed by atoms with Crippen molar-refractivity contribution < 1.29 is 15.0 Å². The molecule has 2 atom stereocenters. The van der Waals surface area contributed by atoms with Crippen LogP contribution in [0.2, 0.25) is 0 Å². The molecule has 2 unspecified atom stereocenters. The van der Waals surface area contributed by atoms with E-state index in [2.05, 4.69) is 10.3 Å². The Morgan fingerprint density at radius 3 is 2.71 bits per heavy atom. The van der Waals surface area contributed by atoms with E-state index in [1.54, 1.807) is 17.8 Å². The van der Waals surface area contributed by atoms with Gasteiger partial charge in [-0.25, -0.2) is 9.78 Å². The summed E-state index contributed by atoms with van der Waals surface area (Å²) in [5.41, 5.74) is 0.766. The number of rotatable bonds is 6. The molecule has 3 N–H and O–H groups in total. The van der Waals surface area contributed by atoms with Gasteiger partial charge in [0.05, 0.1) is 18.5 Å². The van der Waals surface area contributed by atoms with Crippen LogP contribution in [-0.4, -0.2) is 45.3 Å². The summed E-state index contributed by atoms with van der Waals surface area (Å²) in [5.74, 6) is -1.04. The summed E-state index contributed by atoms with van der Waals surface area (Å²) >= 11 is 1.58. The third-order valence-electron chi connectivity index (χ3n) is 2.42. The van der Waals surface area contributed by atoms with Crippen LogP contribution in [0.25, 0.3) is 0 Å². The van der Waals surface area contributed by atoms with E-state index in [-0.39, 0.29) is 23.6 Å². The normalized spacial score (nSPS) is 14.1. The number of aliphatic hydroxyl groups is 1. The van der Waals surface area contributed by atoms with Crippen molar-refractivity contribution in [3.8, 4) is 0 Å². The molecule has 1 heterocycles. The number of anilines is 1. The van der Waals surface area contributed by atoms with E-state index in [1.807, 2.05) is 13.2 Å². The van der Waals surface area contributed by atoms with Gasteiger partial charge in [-0.15, -0.1) is 0 Å². The third kappa shape index (κ3) is 3.90. The average molecular weight is 256 g/mol. The summed E-state index contributed by atoms with van der Waals surface area (Å²) in [6, 6.07) is 3.19. The van der Waals surface area contributed by atoms with E-state index in [0.29, 0.717) is 0 Å². The molecule has 0 aliphatic carbocycles. The first-order chi connectivity index (χ1) is 8.08. The molecule has 0 spiro atoms. The molecule has 1 aromatic heterocycles. The number of pyridine rings is 1. The zero-order valence-electron chi connectivity index (χ0n) is 9.75. The number of aliphatic hydroxyl groups excluding tert-OH is 1. The Hall–Kier alpha value is -1.27.